The summed E-state index contributed by atoms with van der Waals surface area (Å²) < 4.78 is 0. The van der Waals surface area contributed by atoms with Gasteiger partial charge >= 0.3 is 0 Å². The molecule has 0 atom stereocenters. The topological polar surface area (TPSA) is 0 Å². The van der Waals surface area contributed by atoms with Crippen LogP contribution in [-0.4, -0.2) is 0 Å². The summed E-state index contributed by atoms with van der Waals surface area (Å²) in [6.45, 7) is 9.50. The van der Waals surface area contributed by atoms with Crippen LogP contribution < -0.4 is 0 Å². The van der Waals surface area contributed by atoms with Gasteiger partial charge in [-0.2, -0.15) is 0 Å². The molecule has 0 radical (unpaired) electrons. The van der Waals surface area contributed by atoms with Crippen molar-refractivity contribution < 1.29 is 0 Å². The van der Waals surface area contributed by atoms with Crippen molar-refractivity contribution in [3.8, 4) is 77.9 Å². The van der Waals surface area contributed by atoms with Gasteiger partial charge in [-0.1, -0.05) is 191 Å². The van der Waals surface area contributed by atoms with Gasteiger partial charge in [0, 0.05) is 10.8 Å². The smallest absolute Gasteiger partial charge is 0.0159 e. The maximum atomic E-state index is 2.50. The summed E-state index contributed by atoms with van der Waals surface area (Å²) in [5.74, 6) is 0. The van der Waals surface area contributed by atoms with Crippen LogP contribution in [0.4, 0.5) is 0 Å². The van der Waals surface area contributed by atoms with Crippen molar-refractivity contribution >= 4 is 32.3 Å². The van der Waals surface area contributed by atoms with Gasteiger partial charge in [0.2, 0.25) is 0 Å². The Morgan fingerprint density at radius 1 is 0.250 bits per heavy atom. The van der Waals surface area contributed by atoms with Crippen molar-refractivity contribution in [3.05, 3.63) is 204 Å². The van der Waals surface area contributed by atoms with E-state index in [9.17, 15) is 0 Å². The van der Waals surface area contributed by atoms with Crippen molar-refractivity contribution in [3.63, 3.8) is 0 Å². The Kier molecular flexibility index (Phi) is 6.67. The number of hydrogen-bond acceptors (Lipinski definition) is 0. The average molecular weight is 763 g/mol. The Morgan fingerprint density at radius 3 is 1.47 bits per heavy atom. The second-order valence-electron chi connectivity index (χ2n) is 18.4. The summed E-state index contributed by atoms with van der Waals surface area (Å²) in [7, 11) is 0. The fourth-order valence-electron chi connectivity index (χ4n) is 11.7. The zero-order valence-electron chi connectivity index (χ0n) is 34.3. The standard InChI is InChI=1S/C60H42/c1-59(2)53-23-12-10-17-41(53)50-33-37(26-31-54(50)59)56-44-18-7-8-19-45(44)58(48-30-29-47-39-15-6-5-14-38(39)43-20-13-21-46(48)57(43)47)49-28-25-35(32-51(49)56)36-24-27-42-40-16-9-11-22-52(40)60(3,4)55(42)34-36/h5-34H,1-4H3. The van der Waals surface area contributed by atoms with E-state index in [-0.39, 0.29) is 10.8 Å². The van der Waals surface area contributed by atoms with Crippen LogP contribution in [0, 0.1) is 0 Å². The fourth-order valence-corrected chi connectivity index (χ4v) is 11.7. The molecule has 0 heterocycles. The van der Waals surface area contributed by atoms with E-state index in [0.717, 1.165) is 0 Å². The lowest BCUT2D eigenvalue weighted by Crippen LogP contribution is -2.14. The lowest BCUT2D eigenvalue weighted by atomic mass is 9.80. The molecule has 0 saturated heterocycles. The molecule has 0 spiro atoms. The van der Waals surface area contributed by atoms with Crippen LogP contribution >= 0.6 is 0 Å². The van der Waals surface area contributed by atoms with Gasteiger partial charge in [-0.3, -0.25) is 0 Å². The Morgan fingerprint density at radius 2 is 0.717 bits per heavy atom. The van der Waals surface area contributed by atoms with Gasteiger partial charge in [0.25, 0.3) is 0 Å². The Hall–Kier alpha value is -7.02. The Labute approximate surface area is 351 Å². The summed E-state index contributed by atoms with van der Waals surface area (Å²) >= 11 is 0. The van der Waals surface area contributed by atoms with E-state index < -0.39 is 0 Å². The Balaban J connectivity index is 1.11. The lowest BCUT2D eigenvalue weighted by molar-refractivity contribution is 0.660. The molecule has 3 aliphatic rings. The normalized spacial score (nSPS) is 14.6. The molecule has 282 valence electrons. The van der Waals surface area contributed by atoms with Crippen LogP contribution in [0.25, 0.3) is 110 Å². The van der Waals surface area contributed by atoms with Crippen molar-refractivity contribution in [2.45, 2.75) is 38.5 Å². The summed E-state index contributed by atoms with van der Waals surface area (Å²) in [6.07, 6.45) is 0. The number of benzene rings is 10. The van der Waals surface area contributed by atoms with E-state index >= 15 is 0 Å². The van der Waals surface area contributed by atoms with Gasteiger partial charge in [-0.05, 0) is 151 Å². The van der Waals surface area contributed by atoms with Gasteiger partial charge in [0.1, 0.15) is 0 Å². The molecular formula is C60H42. The fraction of sp³-hybridized carbons (Fsp3) is 0.100. The highest BCUT2D eigenvalue weighted by Crippen LogP contribution is 2.55. The van der Waals surface area contributed by atoms with Gasteiger partial charge in [0.15, 0.2) is 0 Å². The van der Waals surface area contributed by atoms with E-state index in [0.29, 0.717) is 0 Å². The van der Waals surface area contributed by atoms with Gasteiger partial charge < -0.3 is 0 Å². The van der Waals surface area contributed by atoms with E-state index in [4.69, 9.17) is 0 Å². The molecule has 0 amide bonds. The molecule has 0 fully saturated rings. The average Bonchev–Trinajstić information content (AvgIpc) is 3.83. The van der Waals surface area contributed by atoms with Crippen LogP contribution in [0.5, 0.6) is 0 Å². The van der Waals surface area contributed by atoms with E-state index in [2.05, 4.69) is 210 Å². The predicted molar refractivity (Wildman–Crippen MR) is 255 cm³/mol. The third-order valence-electron chi connectivity index (χ3n) is 14.6. The molecule has 0 nitrogen and oxygen atoms in total. The monoisotopic (exact) mass is 762 g/mol. The molecule has 0 heteroatoms. The molecule has 10 aromatic carbocycles. The molecule has 60 heavy (non-hydrogen) atoms. The molecular weight excluding hydrogens is 721 g/mol. The highest BCUT2D eigenvalue weighted by molar-refractivity contribution is 6.27. The zero-order valence-corrected chi connectivity index (χ0v) is 34.3. The molecule has 13 rings (SSSR count). The van der Waals surface area contributed by atoms with Crippen LogP contribution in [0.1, 0.15) is 49.9 Å². The quantitative estimate of drug-likeness (QED) is 0.157. The first-order chi connectivity index (χ1) is 29.3. The van der Waals surface area contributed by atoms with Gasteiger partial charge in [-0.15, -0.1) is 0 Å². The number of fused-ring (bicyclic) bond motifs is 11. The van der Waals surface area contributed by atoms with E-state index in [1.54, 1.807) is 0 Å². The first-order valence-electron chi connectivity index (χ1n) is 21.4. The molecule has 0 aromatic heterocycles. The van der Waals surface area contributed by atoms with Crippen molar-refractivity contribution in [1.29, 1.82) is 0 Å². The largest absolute Gasteiger partial charge is 0.0619 e. The minimum Gasteiger partial charge on any atom is -0.0619 e. The third-order valence-corrected chi connectivity index (χ3v) is 14.6. The SMILES string of the molecule is CC1(C)c2ccccc2-c2cc(-c3c4ccccc4c(-c4ccc5c6c(cccc46)-c4ccccc4-5)c4ccc(-c5ccc6c(c5)C(C)(C)c5ccccc5-6)cc34)ccc21. The van der Waals surface area contributed by atoms with Gasteiger partial charge in [0.05, 0.1) is 0 Å². The first-order valence-corrected chi connectivity index (χ1v) is 21.4. The molecule has 3 aliphatic carbocycles. The second kappa shape index (κ2) is 11.8. The second-order valence-corrected chi connectivity index (χ2v) is 18.4. The molecule has 0 aliphatic heterocycles. The zero-order chi connectivity index (χ0) is 40.1. The summed E-state index contributed by atoms with van der Waals surface area (Å²) in [6, 6.07) is 69.4. The Bertz CT molecular complexity index is 3510. The van der Waals surface area contributed by atoms with Crippen molar-refractivity contribution in [2.24, 2.45) is 0 Å². The van der Waals surface area contributed by atoms with Crippen molar-refractivity contribution in [1.82, 2.24) is 0 Å². The van der Waals surface area contributed by atoms with Crippen molar-refractivity contribution in [2.75, 3.05) is 0 Å². The van der Waals surface area contributed by atoms with Gasteiger partial charge in [-0.25, -0.2) is 0 Å². The summed E-state index contributed by atoms with van der Waals surface area (Å²) in [5.41, 5.74) is 23.8. The van der Waals surface area contributed by atoms with E-state index in [1.807, 2.05) is 0 Å². The molecule has 0 saturated carbocycles. The number of hydrogen-bond donors (Lipinski definition) is 0. The minimum absolute atomic E-state index is 0.0535. The van der Waals surface area contributed by atoms with Crippen LogP contribution in [0.15, 0.2) is 182 Å². The van der Waals surface area contributed by atoms with Crippen LogP contribution in [0.3, 0.4) is 0 Å². The van der Waals surface area contributed by atoms with Crippen LogP contribution in [0.2, 0.25) is 0 Å². The highest BCUT2D eigenvalue weighted by Gasteiger charge is 2.37. The first kappa shape index (κ1) is 33.9. The highest BCUT2D eigenvalue weighted by atomic mass is 14.4. The molecule has 0 N–H and O–H groups in total. The maximum absolute atomic E-state index is 2.50. The lowest BCUT2D eigenvalue weighted by Gasteiger charge is -2.23. The summed E-state index contributed by atoms with van der Waals surface area (Å²) in [5, 5.41) is 7.78. The maximum Gasteiger partial charge on any atom is 0.0159 e. The number of rotatable bonds is 3. The molecule has 0 unspecified atom stereocenters. The summed E-state index contributed by atoms with van der Waals surface area (Å²) in [4.78, 5) is 0. The third kappa shape index (κ3) is 4.36. The molecule has 0 bridgehead atoms. The predicted octanol–water partition coefficient (Wildman–Crippen LogP) is 16.4. The minimum atomic E-state index is -0.0722. The molecule has 10 aromatic rings. The van der Waals surface area contributed by atoms with Crippen LogP contribution in [-0.2, 0) is 10.8 Å². The van der Waals surface area contributed by atoms with E-state index in [1.165, 1.54) is 132 Å².